The minimum absolute atomic E-state index is 0.107. The summed E-state index contributed by atoms with van der Waals surface area (Å²) in [6, 6.07) is -0.781. The second kappa shape index (κ2) is 2.84. The van der Waals surface area contributed by atoms with E-state index in [-0.39, 0.29) is 5.13 Å². The highest BCUT2D eigenvalue weighted by Gasteiger charge is 2.39. The Morgan fingerprint density at radius 3 is 2.50 bits per heavy atom. The van der Waals surface area contributed by atoms with E-state index in [1.165, 1.54) is 0 Å². The van der Waals surface area contributed by atoms with Crippen molar-refractivity contribution in [1.29, 1.82) is 0 Å². The van der Waals surface area contributed by atoms with E-state index < -0.39 is 17.8 Å². The summed E-state index contributed by atoms with van der Waals surface area (Å²) in [6.07, 6.45) is 0. The molecule has 0 aromatic carbocycles. The van der Waals surface area contributed by atoms with Crippen LogP contribution in [0.2, 0.25) is 0 Å². The number of rotatable bonds is 1. The molecule has 0 aliphatic carbocycles. The number of nitrogens with zero attached hydrogens (tertiary/aromatic N) is 3. The Labute approximate surface area is 81.9 Å². The summed E-state index contributed by atoms with van der Waals surface area (Å²) >= 11 is 0.887. The number of imide groups is 2. The number of aryl methyl sites for hydroxylation is 1. The van der Waals surface area contributed by atoms with Crippen LogP contribution in [-0.4, -0.2) is 27.2 Å². The lowest BCUT2D eigenvalue weighted by Gasteiger charge is -2.03. The van der Waals surface area contributed by atoms with E-state index in [0.29, 0.717) is 10.7 Å². The van der Waals surface area contributed by atoms with Gasteiger partial charge in [-0.2, -0.15) is 9.27 Å². The van der Waals surface area contributed by atoms with Crippen molar-refractivity contribution in [2.24, 2.45) is 0 Å². The van der Waals surface area contributed by atoms with Crippen molar-refractivity contribution in [1.82, 2.24) is 14.7 Å². The highest BCUT2D eigenvalue weighted by molar-refractivity contribution is 7.10. The summed E-state index contributed by atoms with van der Waals surface area (Å²) in [7, 11) is 0. The first-order valence-corrected chi connectivity index (χ1v) is 4.36. The quantitative estimate of drug-likeness (QED) is 0.497. The van der Waals surface area contributed by atoms with Gasteiger partial charge in [-0.05, 0) is 6.92 Å². The second-order valence-corrected chi connectivity index (χ2v) is 3.25. The van der Waals surface area contributed by atoms with Crippen LogP contribution in [0.1, 0.15) is 5.82 Å². The van der Waals surface area contributed by atoms with Gasteiger partial charge in [-0.3, -0.25) is 14.9 Å². The van der Waals surface area contributed by atoms with E-state index in [1.54, 1.807) is 6.92 Å². The molecule has 72 valence electrons. The van der Waals surface area contributed by atoms with Crippen molar-refractivity contribution in [2.75, 3.05) is 4.90 Å². The van der Waals surface area contributed by atoms with E-state index in [0.717, 1.165) is 11.5 Å². The standard InChI is InChI=1S/C6H4N4O3S/c1-2-7-6(14-9-2)10-4(12)3(11)8-5(10)13/h1H3,(H,8,11,13). The molecule has 0 radical (unpaired) electrons. The summed E-state index contributed by atoms with van der Waals surface area (Å²) in [5.41, 5.74) is 0. The zero-order chi connectivity index (χ0) is 10.3. The number of hydrogen-bond donors (Lipinski definition) is 1. The fourth-order valence-electron chi connectivity index (χ4n) is 0.951. The van der Waals surface area contributed by atoms with Gasteiger partial charge >= 0.3 is 17.8 Å². The maximum absolute atomic E-state index is 11.2. The third-order valence-corrected chi connectivity index (χ3v) is 2.32. The van der Waals surface area contributed by atoms with Gasteiger partial charge in [0.1, 0.15) is 5.82 Å². The Hall–Kier alpha value is -1.83. The van der Waals surface area contributed by atoms with E-state index in [1.807, 2.05) is 5.32 Å². The van der Waals surface area contributed by atoms with Crippen molar-refractivity contribution >= 4 is 34.5 Å². The fraction of sp³-hybridized carbons (Fsp3) is 0.167. The lowest BCUT2D eigenvalue weighted by atomic mass is 10.6. The molecule has 1 aliphatic heterocycles. The molecule has 4 amide bonds. The molecule has 0 spiro atoms. The van der Waals surface area contributed by atoms with E-state index in [9.17, 15) is 14.4 Å². The number of amides is 4. The predicted octanol–water partition coefficient (Wildman–Crippen LogP) is -0.571. The largest absolute Gasteiger partial charge is 0.338 e. The smallest absolute Gasteiger partial charge is 0.269 e. The number of nitrogens with one attached hydrogen (secondary N) is 1. The molecule has 2 rings (SSSR count). The predicted molar refractivity (Wildman–Crippen MR) is 45.7 cm³/mol. The first-order chi connectivity index (χ1) is 6.59. The van der Waals surface area contributed by atoms with Crippen molar-refractivity contribution in [2.45, 2.75) is 6.92 Å². The fourth-order valence-corrected chi connectivity index (χ4v) is 1.63. The number of carbonyl (C=O) groups excluding carboxylic acids is 3. The zero-order valence-electron chi connectivity index (χ0n) is 6.97. The monoisotopic (exact) mass is 212 g/mol. The second-order valence-electron chi connectivity index (χ2n) is 2.52. The summed E-state index contributed by atoms with van der Waals surface area (Å²) < 4.78 is 3.80. The SMILES string of the molecule is Cc1nsc(N2C(=O)NC(=O)C2=O)n1. The van der Waals surface area contributed by atoms with Crippen molar-refractivity contribution in [3.63, 3.8) is 0 Å². The van der Waals surface area contributed by atoms with Crippen LogP contribution < -0.4 is 10.2 Å². The van der Waals surface area contributed by atoms with E-state index in [2.05, 4.69) is 9.36 Å². The average molecular weight is 212 g/mol. The summed E-state index contributed by atoms with van der Waals surface area (Å²) in [5.74, 6) is -1.42. The summed E-state index contributed by atoms with van der Waals surface area (Å²) in [4.78, 5) is 37.6. The van der Waals surface area contributed by atoms with Crippen LogP contribution in [0.25, 0.3) is 0 Å². The first-order valence-electron chi connectivity index (χ1n) is 3.59. The lowest BCUT2D eigenvalue weighted by Crippen LogP contribution is -2.30. The van der Waals surface area contributed by atoms with Crippen LogP contribution in [0.4, 0.5) is 9.93 Å². The van der Waals surface area contributed by atoms with Gasteiger partial charge < -0.3 is 0 Å². The third kappa shape index (κ3) is 1.16. The molecule has 2 heterocycles. The summed E-state index contributed by atoms with van der Waals surface area (Å²) in [6.45, 7) is 1.63. The van der Waals surface area contributed by atoms with Gasteiger partial charge in [0.05, 0.1) is 0 Å². The molecule has 0 bridgehead atoms. The van der Waals surface area contributed by atoms with Crippen molar-refractivity contribution in [3.8, 4) is 0 Å². The minimum Gasteiger partial charge on any atom is -0.269 e. The third-order valence-electron chi connectivity index (χ3n) is 1.53. The molecule has 1 aliphatic rings. The highest BCUT2D eigenvalue weighted by Crippen LogP contribution is 2.19. The number of carbonyl (C=O) groups is 3. The Morgan fingerprint density at radius 2 is 2.07 bits per heavy atom. The molecule has 0 atom stereocenters. The molecule has 1 aromatic rings. The first kappa shape index (κ1) is 8.75. The number of anilines is 1. The molecule has 1 saturated heterocycles. The highest BCUT2D eigenvalue weighted by atomic mass is 32.1. The molecule has 1 aromatic heterocycles. The van der Waals surface area contributed by atoms with Crippen LogP contribution in [0, 0.1) is 6.92 Å². The molecule has 0 saturated carbocycles. The molecular weight excluding hydrogens is 208 g/mol. The maximum atomic E-state index is 11.2. The normalized spacial score (nSPS) is 16.4. The van der Waals surface area contributed by atoms with Crippen LogP contribution in [0.15, 0.2) is 0 Å². The van der Waals surface area contributed by atoms with Crippen LogP contribution in [0.3, 0.4) is 0 Å². The van der Waals surface area contributed by atoms with Crippen molar-refractivity contribution in [3.05, 3.63) is 5.82 Å². The number of hydrogen-bond acceptors (Lipinski definition) is 6. The number of aromatic nitrogens is 2. The van der Waals surface area contributed by atoms with Gasteiger partial charge in [0.15, 0.2) is 0 Å². The Morgan fingerprint density at radius 1 is 1.36 bits per heavy atom. The van der Waals surface area contributed by atoms with Crippen molar-refractivity contribution < 1.29 is 14.4 Å². The zero-order valence-corrected chi connectivity index (χ0v) is 7.79. The Balaban J connectivity index is 2.40. The summed E-state index contributed by atoms with van der Waals surface area (Å²) in [5, 5.41) is 1.97. The molecule has 7 nitrogen and oxygen atoms in total. The molecular formula is C6H4N4O3S. The molecule has 14 heavy (non-hydrogen) atoms. The van der Waals surface area contributed by atoms with Gasteiger partial charge in [0, 0.05) is 11.5 Å². The van der Waals surface area contributed by atoms with Gasteiger partial charge in [0.2, 0.25) is 5.13 Å². The molecule has 1 fully saturated rings. The molecule has 8 heteroatoms. The number of urea groups is 1. The van der Waals surface area contributed by atoms with Gasteiger partial charge in [-0.15, -0.1) is 0 Å². The lowest BCUT2D eigenvalue weighted by molar-refractivity contribution is -0.134. The van der Waals surface area contributed by atoms with Crippen LogP contribution in [-0.2, 0) is 9.59 Å². The van der Waals surface area contributed by atoms with Gasteiger partial charge in [-0.1, -0.05) is 0 Å². The van der Waals surface area contributed by atoms with E-state index >= 15 is 0 Å². The topological polar surface area (TPSA) is 92.3 Å². The minimum atomic E-state index is -0.942. The van der Waals surface area contributed by atoms with Gasteiger partial charge in [0.25, 0.3) is 0 Å². The Bertz CT molecular complexity index is 440. The van der Waals surface area contributed by atoms with Gasteiger partial charge in [-0.25, -0.2) is 9.78 Å². The maximum Gasteiger partial charge on any atom is 0.338 e. The van der Waals surface area contributed by atoms with Crippen LogP contribution in [0.5, 0.6) is 0 Å². The van der Waals surface area contributed by atoms with Crippen LogP contribution >= 0.6 is 11.5 Å². The Kier molecular flexibility index (Phi) is 1.78. The average Bonchev–Trinajstić information content (AvgIpc) is 2.60. The molecule has 0 unspecified atom stereocenters. The molecule has 1 N–H and O–H groups in total. The van der Waals surface area contributed by atoms with E-state index in [4.69, 9.17) is 0 Å².